The Hall–Kier alpha value is -2.37. The Labute approximate surface area is 128 Å². The average Bonchev–Trinajstić information content (AvgIpc) is 2.85. The molecule has 0 aliphatic carbocycles. The zero-order valence-electron chi connectivity index (χ0n) is 12.4. The lowest BCUT2D eigenvalue weighted by atomic mass is 10.0. The van der Waals surface area contributed by atoms with Crippen LogP contribution in [0.15, 0.2) is 30.3 Å². The van der Waals surface area contributed by atoms with Gasteiger partial charge in [-0.15, -0.1) is 0 Å². The summed E-state index contributed by atoms with van der Waals surface area (Å²) < 4.78 is 5.00. The van der Waals surface area contributed by atoms with Crippen LogP contribution >= 0.6 is 0 Å². The molecule has 118 valence electrons. The van der Waals surface area contributed by atoms with Crippen LogP contribution in [-0.2, 0) is 20.7 Å². The van der Waals surface area contributed by atoms with E-state index in [1.54, 1.807) is 6.92 Å². The standard InChI is InChI=1S/C16H19NO5/c1-11(7-8-14(18)19)15(20)17-13(10-22-16(17)21)9-12-5-3-2-4-6-12/h2-6,11,13H,7-10H2,1H3,(H,18,19). The van der Waals surface area contributed by atoms with E-state index in [0.717, 1.165) is 10.5 Å². The minimum absolute atomic E-state index is 0.0981. The van der Waals surface area contributed by atoms with Crippen molar-refractivity contribution in [1.29, 1.82) is 0 Å². The highest BCUT2D eigenvalue weighted by atomic mass is 16.6. The van der Waals surface area contributed by atoms with Gasteiger partial charge < -0.3 is 9.84 Å². The van der Waals surface area contributed by atoms with E-state index in [-0.39, 0.29) is 31.4 Å². The third kappa shape index (κ3) is 3.84. The molecule has 1 aliphatic rings. The molecule has 1 aromatic carbocycles. The molecule has 1 aliphatic heterocycles. The van der Waals surface area contributed by atoms with Crippen molar-refractivity contribution in [2.75, 3.05) is 6.61 Å². The van der Waals surface area contributed by atoms with Gasteiger partial charge in [0.05, 0.1) is 6.04 Å². The van der Waals surface area contributed by atoms with E-state index in [4.69, 9.17) is 9.84 Å². The van der Waals surface area contributed by atoms with E-state index in [2.05, 4.69) is 0 Å². The highest BCUT2D eigenvalue weighted by molar-refractivity contribution is 5.94. The molecule has 2 atom stereocenters. The number of aliphatic carboxylic acids is 1. The van der Waals surface area contributed by atoms with Crippen LogP contribution < -0.4 is 0 Å². The molecule has 2 unspecified atom stereocenters. The molecule has 6 nitrogen and oxygen atoms in total. The molecular formula is C16H19NO5. The number of rotatable bonds is 6. The fourth-order valence-corrected chi connectivity index (χ4v) is 2.47. The lowest BCUT2D eigenvalue weighted by molar-refractivity contribution is -0.138. The summed E-state index contributed by atoms with van der Waals surface area (Å²) in [6, 6.07) is 9.22. The number of benzene rings is 1. The second-order valence-electron chi connectivity index (χ2n) is 5.46. The van der Waals surface area contributed by atoms with E-state index < -0.39 is 18.0 Å². The number of ether oxygens (including phenoxy) is 1. The number of cyclic esters (lactones) is 1. The number of carboxylic acid groups (broad SMARTS) is 1. The fourth-order valence-electron chi connectivity index (χ4n) is 2.47. The van der Waals surface area contributed by atoms with Crippen LogP contribution in [-0.4, -0.2) is 40.6 Å². The quantitative estimate of drug-likeness (QED) is 0.870. The highest BCUT2D eigenvalue weighted by Gasteiger charge is 2.39. The predicted molar refractivity (Wildman–Crippen MR) is 78.2 cm³/mol. The summed E-state index contributed by atoms with van der Waals surface area (Å²) in [7, 11) is 0. The number of carbonyl (C=O) groups excluding carboxylic acids is 2. The molecule has 0 bridgehead atoms. The number of carboxylic acids is 1. The number of amides is 2. The van der Waals surface area contributed by atoms with Crippen LogP contribution in [0.3, 0.4) is 0 Å². The maximum Gasteiger partial charge on any atom is 0.416 e. The number of hydrogen-bond donors (Lipinski definition) is 1. The van der Waals surface area contributed by atoms with Crippen molar-refractivity contribution in [2.24, 2.45) is 5.92 Å². The number of carbonyl (C=O) groups is 3. The first-order valence-electron chi connectivity index (χ1n) is 7.24. The largest absolute Gasteiger partial charge is 0.481 e. The topological polar surface area (TPSA) is 83.9 Å². The van der Waals surface area contributed by atoms with Gasteiger partial charge in [-0.25, -0.2) is 9.69 Å². The van der Waals surface area contributed by atoms with E-state index in [1.807, 2.05) is 30.3 Å². The van der Waals surface area contributed by atoms with Crippen molar-refractivity contribution < 1.29 is 24.2 Å². The van der Waals surface area contributed by atoms with Gasteiger partial charge in [-0.3, -0.25) is 9.59 Å². The van der Waals surface area contributed by atoms with E-state index >= 15 is 0 Å². The zero-order valence-corrected chi connectivity index (χ0v) is 12.4. The molecule has 2 amide bonds. The second-order valence-corrected chi connectivity index (χ2v) is 5.46. The molecule has 0 saturated carbocycles. The minimum atomic E-state index is -0.954. The normalized spacial score (nSPS) is 18.9. The SMILES string of the molecule is CC(CCC(=O)O)C(=O)N1C(=O)OCC1Cc1ccccc1. The summed E-state index contributed by atoms with van der Waals surface area (Å²) in [5, 5.41) is 8.69. The summed E-state index contributed by atoms with van der Waals surface area (Å²) in [4.78, 5) is 36.0. The van der Waals surface area contributed by atoms with Gasteiger partial charge in [-0.1, -0.05) is 37.3 Å². The van der Waals surface area contributed by atoms with Crippen molar-refractivity contribution in [3.63, 3.8) is 0 Å². The van der Waals surface area contributed by atoms with Crippen LogP contribution in [0.4, 0.5) is 4.79 Å². The molecule has 1 aromatic rings. The second kappa shape index (κ2) is 7.06. The number of imide groups is 1. The van der Waals surface area contributed by atoms with Crippen molar-refractivity contribution in [2.45, 2.75) is 32.2 Å². The lowest BCUT2D eigenvalue weighted by Gasteiger charge is -2.22. The Morgan fingerprint density at radius 2 is 2.05 bits per heavy atom. The minimum Gasteiger partial charge on any atom is -0.481 e. The first-order chi connectivity index (χ1) is 10.5. The molecule has 22 heavy (non-hydrogen) atoms. The first kappa shape index (κ1) is 16.0. The third-order valence-electron chi connectivity index (χ3n) is 3.73. The lowest BCUT2D eigenvalue weighted by Crippen LogP contribution is -2.43. The van der Waals surface area contributed by atoms with Crippen molar-refractivity contribution in [1.82, 2.24) is 4.90 Å². The summed E-state index contributed by atoms with van der Waals surface area (Å²) in [6.45, 7) is 1.81. The first-order valence-corrected chi connectivity index (χ1v) is 7.24. The maximum absolute atomic E-state index is 12.4. The summed E-state index contributed by atoms with van der Waals surface area (Å²) >= 11 is 0. The maximum atomic E-state index is 12.4. The van der Waals surface area contributed by atoms with Crippen LogP contribution in [0.2, 0.25) is 0 Å². The van der Waals surface area contributed by atoms with Gasteiger partial charge in [0.25, 0.3) is 0 Å². The van der Waals surface area contributed by atoms with Crippen LogP contribution in [0.5, 0.6) is 0 Å². The van der Waals surface area contributed by atoms with Gasteiger partial charge in [0.2, 0.25) is 5.91 Å². The van der Waals surface area contributed by atoms with Crippen molar-refractivity contribution in [3.05, 3.63) is 35.9 Å². The van der Waals surface area contributed by atoms with Gasteiger partial charge in [0, 0.05) is 12.3 Å². The summed E-state index contributed by atoms with van der Waals surface area (Å²) in [6.07, 6.45) is -0.00726. The summed E-state index contributed by atoms with van der Waals surface area (Å²) in [5.41, 5.74) is 1.02. The van der Waals surface area contributed by atoms with E-state index in [0.29, 0.717) is 6.42 Å². The molecule has 6 heteroatoms. The Kier molecular flexibility index (Phi) is 5.14. The fraction of sp³-hybridized carbons (Fsp3) is 0.438. The van der Waals surface area contributed by atoms with Crippen LogP contribution in [0, 0.1) is 5.92 Å². The van der Waals surface area contributed by atoms with Crippen molar-refractivity contribution >= 4 is 18.0 Å². The Morgan fingerprint density at radius 3 is 2.68 bits per heavy atom. The third-order valence-corrected chi connectivity index (χ3v) is 3.73. The number of nitrogens with zero attached hydrogens (tertiary/aromatic N) is 1. The molecule has 1 saturated heterocycles. The average molecular weight is 305 g/mol. The van der Waals surface area contributed by atoms with Gasteiger partial charge >= 0.3 is 12.1 Å². The van der Waals surface area contributed by atoms with Gasteiger partial charge in [0.15, 0.2) is 0 Å². The van der Waals surface area contributed by atoms with Crippen LogP contribution in [0.25, 0.3) is 0 Å². The Morgan fingerprint density at radius 1 is 1.36 bits per heavy atom. The molecule has 0 radical (unpaired) electrons. The molecule has 0 aromatic heterocycles. The molecule has 1 heterocycles. The van der Waals surface area contributed by atoms with Crippen LogP contribution in [0.1, 0.15) is 25.3 Å². The highest BCUT2D eigenvalue weighted by Crippen LogP contribution is 2.21. The van der Waals surface area contributed by atoms with E-state index in [1.165, 1.54) is 0 Å². The monoisotopic (exact) mass is 305 g/mol. The molecule has 2 rings (SSSR count). The Balaban J connectivity index is 2.04. The van der Waals surface area contributed by atoms with Gasteiger partial charge in [0.1, 0.15) is 6.61 Å². The molecular weight excluding hydrogens is 286 g/mol. The van der Waals surface area contributed by atoms with Gasteiger partial charge in [-0.2, -0.15) is 0 Å². The Bertz CT molecular complexity index is 557. The molecule has 1 N–H and O–H groups in total. The summed E-state index contributed by atoms with van der Waals surface area (Å²) in [5.74, 6) is -1.85. The zero-order chi connectivity index (χ0) is 16.1. The van der Waals surface area contributed by atoms with E-state index in [9.17, 15) is 14.4 Å². The van der Waals surface area contributed by atoms with Gasteiger partial charge in [-0.05, 0) is 18.4 Å². The molecule has 1 fully saturated rings. The smallest absolute Gasteiger partial charge is 0.416 e. The molecule has 0 spiro atoms. The predicted octanol–water partition coefficient (Wildman–Crippen LogP) is 2.08. The number of hydrogen-bond acceptors (Lipinski definition) is 4. The van der Waals surface area contributed by atoms with Crippen molar-refractivity contribution in [3.8, 4) is 0 Å².